The van der Waals surface area contributed by atoms with Gasteiger partial charge in [-0.25, -0.2) is 0 Å². The molecule has 0 spiro atoms. The summed E-state index contributed by atoms with van der Waals surface area (Å²) in [4.78, 5) is 27.1. The molecule has 0 aliphatic carbocycles. The number of hydrogen-bond donors (Lipinski definition) is 0. The predicted octanol–water partition coefficient (Wildman–Crippen LogP) is 4.56. The summed E-state index contributed by atoms with van der Waals surface area (Å²) in [5.74, 6) is -0.561. The van der Waals surface area contributed by atoms with Gasteiger partial charge in [0, 0.05) is 11.6 Å². The Kier molecular flexibility index (Phi) is 4.42. The lowest BCUT2D eigenvalue weighted by Crippen LogP contribution is -2.48. The third-order valence-corrected chi connectivity index (χ3v) is 6.47. The van der Waals surface area contributed by atoms with E-state index >= 15 is 0 Å². The minimum Gasteiger partial charge on any atom is -0.345 e. The summed E-state index contributed by atoms with van der Waals surface area (Å²) in [5, 5.41) is 0. The maximum atomic E-state index is 12.9. The van der Waals surface area contributed by atoms with E-state index in [1.165, 1.54) is 11.0 Å². The monoisotopic (exact) mass is 409 g/mol. The zero-order valence-electron chi connectivity index (χ0n) is 17.5. The first-order valence-electron chi connectivity index (χ1n) is 10.4. The predicted molar refractivity (Wildman–Crippen MR) is 118 cm³/mol. The molecule has 0 aromatic heterocycles. The van der Waals surface area contributed by atoms with Crippen LogP contribution in [0, 0.1) is 0 Å². The van der Waals surface area contributed by atoms with Gasteiger partial charge in [-0.3, -0.25) is 14.5 Å². The summed E-state index contributed by atoms with van der Waals surface area (Å²) in [6.45, 7) is 3.58. The number of nitrogens with zero attached hydrogens (tertiary/aromatic N) is 1. The van der Waals surface area contributed by atoms with Crippen LogP contribution in [0.2, 0.25) is 0 Å². The Morgan fingerprint density at radius 3 is 1.61 bits per heavy atom. The Balaban J connectivity index is 1.75. The van der Waals surface area contributed by atoms with Gasteiger partial charge in [0.05, 0.1) is 6.04 Å². The van der Waals surface area contributed by atoms with Crippen molar-refractivity contribution in [3.63, 3.8) is 0 Å². The fourth-order valence-electron chi connectivity index (χ4n) is 5.00. The van der Waals surface area contributed by atoms with Crippen LogP contribution in [0.15, 0.2) is 103 Å². The normalized spacial score (nSPS) is 22.9. The van der Waals surface area contributed by atoms with E-state index in [2.05, 4.69) is 0 Å². The Hall–Kier alpha value is -3.50. The molecule has 3 aromatic rings. The second-order valence-corrected chi connectivity index (χ2v) is 8.13. The van der Waals surface area contributed by atoms with E-state index in [9.17, 15) is 9.59 Å². The molecule has 1 fully saturated rings. The zero-order chi connectivity index (χ0) is 21.6. The average Bonchev–Trinajstić information content (AvgIpc) is 3.47. The van der Waals surface area contributed by atoms with Gasteiger partial charge in [-0.15, -0.1) is 0 Å². The number of rotatable bonds is 5. The minimum atomic E-state index is -0.916. The number of carbonyl (C=O) groups excluding carboxylic acids is 2. The summed E-state index contributed by atoms with van der Waals surface area (Å²) in [6, 6.07) is 29.4. The summed E-state index contributed by atoms with van der Waals surface area (Å²) in [5.41, 5.74) is 1.61. The highest BCUT2D eigenvalue weighted by atomic mass is 16.6. The highest BCUT2D eigenvalue weighted by Gasteiger charge is 2.76. The number of imide groups is 1. The number of amides is 2. The Morgan fingerprint density at radius 1 is 0.742 bits per heavy atom. The highest BCUT2D eigenvalue weighted by molar-refractivity contribution is 6.16. The largest absolute Gasteiger partial charge is 0.345 e. The van der Waals surface area contributed by atoms with Crippen molar-refractivity contribution in [2.24, 2.45) is 0 Å². The molecule has 2 amide bonds. The van der Waals surface area contributed by atoms with Crippen molar-refractivity contribution in [2.45, 2.75) is 31.1 Å². The molecular formula is C27H23NO3. The molecule has 31 heavy (non-hydrogen) atoms. The first kappa shape index (κ1) is 19.5. The van der Waals surface area contributed by atoms with Crippen LogP contribution < -0.4 is 0 Å². The van der Waals surface area contributed by atoms with Gasteiger partial charge >= 0.3 is 0 Å². The van der Waals surface area contributed by atoms with Crippen molar-refractivity contribution >= 4 is 11.8 Å². The Morgan fingerprint density at radius 2 is 1.19 bits per heavy atom. The number of carbonyl (C=O) groups is 2. The smallest absolute Gasteiger partial charge is 0.256 e. The van der Waals surface area contributed by atoms with Gasteiger partial charge < -0.3 is 4.74 Å². The van der Waals surface area contributed by atoms with Crippen LogP contribution in [0.5, 0.6) is 0 Å². The Bertz CT molecular complexity index is 1130. The summed E-state index contributed by atoms with van der Waals surface area (Å²) < 4.78 is 6.79. The lowest BCUT2D eigenvalue weighted by Gasteiger charge is -2.32. The quantitative estimate of drug-likeness (QED) is 0.459. The average molecular weight is 409 g/mol. The van der Waals surface area contributed by atoms with Crippen molar-refractivity contribution in [1.82, 2.24) is 4.90 Å². The lowest BCUT2D eigenvalue weighted by atomic mass is 9.73. The minimum absolute atomic E-state index is 0.265. The lowest BCUT2D eigenvalue weighted by molar-refractivity contribution is -0.141. The van der Waals surface area contributed by atoms with Gasteiger partial charge in [-0.05, 0) is 30.5 Å². The van der Waals surface area contributed by atoms with Crippen LogP contribution in [-0.4, -0.2) is 22.8 Å². The molecule has 0 radical (unpaired) electrons. The van der Waals surface area contributed by atoms with E-state index in [0.29, 0.717) is 5.57 Å². The first-order valence-corrected chi connectivity index (χ1v) is 10.4. The third-order valence-electron chi connectivity index (χ3n) is 6.47. The summed E-state index contributed by atoms with van der Waals surface area (Å²) in [7, 11) is 0. The molecule has 4 nitrogen and oxygen atoms in total. The number of benzene rings is 3. The van der Waals surface area contributed by atoms with E-state index in [-0.39, 0.29) is 11.8 Å². The second kappa shape index (κ2) is 7.03. The van der Waals surface area contributed by atoms with E-state index in [0.717, 1.165) is 16.7 Å². The van der Waals surface area contributed by atoms with Crippen LogP contribution in [0.25, 0.3) is 0 Å². The van der Waals surface area contributed by atoms with Crippen molar-refractivity contribution in [1.29, 1.82) is 0 Å². The summed E-state index contributed by atoms with van der Waals surface area (Å²) >= 11 is 0. The number of hydrogen-bond acceptors (Lipinski definition) is 3. The fourth-order valence-corrected chi connectivity index (χ4v) is 5.00. The standard InChI is InChI=1S/C27H23NO3/c1-19-18-24(29)28(25(19)30)20(2)26(21-12-6-3-7-13-21)27(31-26,22-14-8-4-9-15-22)23-16-10-5-11-17-23/h3-18,20H,1-2H3. The zero-order valence-corrected chi connectivity index (χ0v) is 17.5. The maximum absolute atomic E-state index is 12.9. The Labute approximate surface area is 181 Å². The SMILES string of the molecule is CC1=CC(=O)N(C(C)C2(c3ccccc3)OC2(c2ccccc2)c2ccccc2)C1=O. The molecule has 2 heterocycles. The van der Waals surface area contributed by atoms with Crippen molar-refractivity contribution < 1.29 is 14.3 Å². The molecule has 2 unspecified atom stereocenters. The van der Waals surface area contributed by atoms with Gasteiger partial charge in [0.15, 0.2) is 11.2 Å². The van der Waals surface area contributed by atoms with E-state index < -0.39 is 17.2 Å². The van der Waals surface area contributed by atoms with E-state index in [4.69, 9.17) is 4.74 Å². The van der Waals surface area contributed by atoms with Crippen molar-refractivity contribution in [3.05, 3.63) is 119 Å². The van der Waals surface area contributed by atoms with Crippen LogP contribution in [0.1, 0.15) is 30.5 Å². The van der Waals surface area contributed by atoms with Gasteiger partial charge in [0.2, 0.25) is 0 Å². The maximum Gasteiger partial charge on any atom is 0.256 e. The topological polar surface area (TPSA) is 49.9 Å². The van der Waals surface area contributed by atoms with Crippen LogP contribution in [0.3, 0.4) is 0 Å². The van der Waals surface area contributed by atoms with E-state index in [1.807, 2.05) is 97.9 Å². The van der Waals surface area contributed by atoms with Gasteiger partial charge in [0.25, 0.3) is 11.8 Å². The van der Waals surface area contributed by atoms with Gasteiger partial charge in [0.1, 0.15) is 0 Å². The molecule has 0 N–H and O–H groups in total. The second-order valence-electron chi connectivity index (χ2n) is 8.13. The summed E-state index contributed by atoms with van der Waals surface area (Å²) in [6.07, 6.45) is 1.41. The van der Waals surface area contributed by atoms with Gasteiger partial charge in [-0.1, -0.05) is 91.0 Å². The fraction of sp³-hybridized carbons (Fsp3) is 0.185. The molecular weight excluding hydrogens is 386 g/mol. The van der Waals surface area contributed by atoms with Gasteiger partial charge in [-0.2, -0.15) is 0 Å². The molecule has 3 aromatic carbocycles. The highest BCUT2D eigenvalue weighted by Crippen LogP contribution is 2.68. The van der Waals surface area contributed by atoms with E-state index in [1.54, 1.807) is 6.92 Å². The molecule has 4 heteroatoms. The number of ether oxygens (including phenoxy) is 1. The third kappa shape index (κ3) is 2.65. The molecule has 5 rings (SSSR count). The molecule has 2 atom stereocenters. The van der Waals surface area contributed by atoms with Crippen LogP contribution >= 0.6 is 0 Å². The molecule has 0 bridgehead atoms. The first-order chi connectivity index (χ1) is 15.0. The molecule has 2 aliphatic rings. The molecule has 2 aliphatic heterocycles. The van der Waals surface area contributed by atoms with Crippen LogP contribution in [0.4, 0.5) is 0 Å². The molecule has 154 valence electrons. The number of epoxide rings is 1. The molecule has 0 saturated carbocycles. The van der Waals surface area contributed by atoms with Crippen molar-refractivity contribution in [2.75, 3.05) is 0 Å². The van der Waals surface area contributed by atoms with Crippen LogP contribution in [-0.2, 0) is 25.5 Å². The molecule has 1 saturated heterocycles. The van der Waals surface area contributed by atoms with Crippen molar-refractivity contribution in [3.8, 4) is 0 Å².